The van der Waals surface area contributed by atoms with E-state index in [1.807, 2.05) is 27.7 Å². The molecule has 0 fully saturated rings. The fraction of sp³-hybridized carbons (Fsp3) is 0.429. The molecule has 0 aromatic heterocycles. The summed E-state index contributed by atoms with van der Waals surface area (Å²) in [6.45, 7) is 7.83. The minimum Gasteiger partial charge on any atom is -0.508 e. The number of phenolic OH excluding ortho intramolecular Hbond substituents is 1. The number of hydrogen-bond donors (Lipinski definition) is 4. The summed E-state index contributed by atoms with van der Waals surface area (Å²) in [6, 6.07) is 3.18. The summed E-state index contributed by atoms with van der Waals surface area (Å²) in [6.07, 6.45) is 0. The van der Waals surface area contributed by atoms with Gasteiger partial charge in [0.2, 0.25) is 0 Å². The third-order valence-electron chi connectivity index (χ3n) is 3.13. The molecule has 0 saturated heterocycles. The second-order valence-electron chi connectivity index (χ2n) is 5.72. The largest absolute Gasteiger partial charge is 0.508 e. The number of hydrogen-bond acceptors (Lipinski definition) is 3. The Morgan fingerprint density at radius 2 is 1.85 bits per heavy atom. The summed E-state index contributed by atoms with van der Waals surface area (Å²) in [7, 11) is 0. The fourth-order valence-electron chi connectivity index (χ4n) is 1.39. The molecule has 6 nitrogen and oxygen atoms in total. The number of carboxylic acids is 1. The van der Waals surface area contributed by atoms with Crippen LogP contribution in [0, 0.1) is 5.41 Å². The number of phenols is 1. The lowest BCUT2D eigenvalue weighted by Crippen LogP contribution is -2.43. The van der Waals surface area contributed by atoms with Gasteiger partial charge in [-0.1, -0.05) is 20.8 Å². The maximum absolute atomic E-state index is 11.9. The molecule has 0 spiro atoms. The SMILES string of the molecule is CC(NC(=O)Nc1ccc(O)cc1C(=O)O)C(C)(C)C. The van der Waals surface area contributed by atoms with Crippen LogP contribution in [-0.2, 0) is 0 Å². The van der Waals surface area contributed by atoms with Crippen molar-refractivity contribution in [3.8, 4) is 5.75 Å². The summed E-state index contributed by atoms with van der Waals surface area (Å²) in [5.41, 5.74) is -0.139. The van der Waals surface area contributed by atoms with Gasteiger partial charge in [-0.25, -0.2) is 9.59 Å². The summed E-state index contributed by atoms with van der Waals surface area (Å²) >= 11 is 0. The van der Waals surface area contributed by atoms with Gasteiger partial charge in [0.1, 0.15) is 5.75 Å². The van der Waals surface area contributed by atoms with Crippen molar-refractivity contribution in [2.45, 2.75) is 33.7 Å². The molecule has 0 radical (unpaired) electrons. The van der Waals surface area contributed by atoms with Gasteiger partial charge in [0, 0.05) is 6.04 Å². The highest BCUT2D eigenvalue weighted by Crippen LogP contribution is 2.22. The maximum atomic E-state index is 11.9. The number of carbonyl (C=O) groups excluding carboxylic acids is 1. The molecule has 1 unspecified atom stereocenters. The highest BCUT2D eigenvalue weighted by atomic mass is 16.4. The molecule has 6 heteroatoms. The standard InChI is InChI=1S/C14H20N2O4/c1-8(14(2,3)4)15-13(20)16-11-6-5-9(17)7-10(11)12(18)19/h5-8,17H,1-4H3,(H,18,19)(H2,15,16,20). The van der Waals surface area contributed by atoms with Gasteiger partial charge in [0.05, 0.1) is 11.3 Å². The number of carboxylic acid groups (broad SMARTS) is 1. The molecule has 110 valence electrons. The molecule has 20 heavy (non-hydrogen) atoms. The number of aromatic carboxylic acids is 1. The van der Waals surface area contributed by atoms with Crippen molar-refractivity contribution >= 4 is 17.7 Å². The number of aromatic hydroxyl groups is 1. The van der Waals surface area contributed by atoms with E-state index >= 15 is 0 Å². The lowest BCUT2D eigenvalue weighted by atomic mass is 9.88. The van der Waals surface area contributed by atoms with Crippen molar-refractivity contribution in [1.29, 1.82) is 0 Å². The van der Waals surface area contributed by atoms with Crippen LogP contribution in [0.15, 0.2) is 18.2 Å². The normalized spacial score (nSPS) is 12.6. The van der Waals surface area contributed by atoms with Crippen molar-refractivity contribution in [1.82, 2.24) is 5.32 Å². The van der Waals surface area contributed by atoms with E-state index in [1.165, 1.54) is 12.1 Å². The first-order valence-electron chi connectivity index (χ1n) is 6.25. The number of nitrogens with one attached hydrogen (secondary N) is 2. The second-order valence-corrected chi connectivity index (χ2v) is 5.72. The molecule has 0 saturated carbocycles. The van der Waals surface area contributed by atoms with Gasteiger partial charge >= 0.3 is 12.0 Å². The lowest BCUT2D eigenvalue weighted by molar-refractivity contribution is 0.0697. The van der Waals surface area contributed by atoms with Gasteiger partial charge in [-0.3, -0.25) is 0 Å². The molecular formula is C14H20N2O4. The van der Waals surface area contributed by atoms with E-state index in [4.69, 9.17) is 5.11 Å². The van der Waals surface area contributed by atoms with Crippen LogP contribution in [0.25, 0.3) is 0 Å². The van der Waals surface area contributed by atoms with E-state index < -0.39 is 12.0 Å². The number of anilines is 1. The molecule has 0 bridgehead atoms. The van der Waals surface area contributed by atoms with Crippen LogP contribution in [0.4, 0.5) is 10.5 Å². The van der Waals surface area contributed by atoms with Crippen LogP contribution < -0.4 is 10.6 Å². The Morgan fingerprint density at radius 1 is 1.25 bits per heavy atom. The number of urea groups is 1. The van der Waals surface area contributed by atoms with E-state index in [0.717, 1.165) is 6.07 Å². The van der Waals surface area contributed by atoms with Crippen LogP contribution in [0.2, 0.25) is 0 Å². The van der Waals surface area contributed by atoms with Crippen LogP contribution in [-0.4, -0.2) is 28.3 Å². The van der Waals surface area contributed by atoms with Crippen molar-refractivity contribution in [3.05, 3.63) is 23.8 Å². The zero-order valence-electron chi connectivity index (χ0n) is 12.0. The number of amides is 2. The minimum atomic E-state index is -1.22. The Balaban J connectivity index is 2.84. The predicted molar refractivity (Wildman–Crippen MR) is 76.1 cm³/mol. The van der Waals surface area contributed by atoms with E-state index in [0.29, 0.717) is 0 Å². The van der Waals surface area contributed by atoms with Crippen LogP contribution in [0.3, 0.4) is 0 Å². The topological polar surface area (TPSA) is 98.7 Å². The van der Waals surface area contributed by atoms with E-state index in [9.17, 15) is 14.7 Å². The van der Waals surface area contributed by atoms with E-state index in [-0.39, 0.29) is 28.5 Å². The first-order valence-corrected chi connectivity index (χ1v) is 6.25. The highest BCUT2D eigenvalue weighted by Gasteiger charge is 2.22. The molecular weight excluding hydrogens is 260 g/mol. The van der Waals surface area contributed by atoms with Gasteiger partial charge in [-0.15, -0.1) is 0 Å². The molecule has 1 atom stereocenters. The first-order chi connectivity index (χ1) is 9.11. The first kappa shape index (κ1) is 15.8. The van der Waals surface area contributed by atoms with Crippen LogP contribution >= 0.6 is 0 Å². The maximum Gasteiger partial charge on any atom is 0.337 e. The second kappa shape index (κ2) is 5.81. The minimum absolute atomic E-state index is 0.0899. The predicted octanol–water partition coefficient (Wildman–Crippen LogP) is 2.65. The Hall–Kier alpha value is -2.24. The molecule has 1 aromatic carbocycles. The summed E-state index contributed by atoms with van der Waals surface area (Å²) in [5, 5.41) is 23.5. The smallest absolute Gasteiger partial charge is 0.337 e. The van der Waals surface area contributed by atoms with E-state index in [1.54, 1.807) is 0 Å². The van der Waals surface area contributed by atoms with Crippen LogP contribution in [0.5, 0.6) is 5.75 Å². The zero-order valence-corrected chi connectivity index (χ0v) is 12.0. The van der Waals surface area contributed by atoms with Gasteiger partial charge in [-0.2, -0.15) is 0 Å². The van der Waals surface area contributed by atoms with Crippen molar-refractivity contribution < 1.29 is 19.8 Å². The van der Waals surface area contributed by atoms with Crippen molar-refractivity contribution in [2.24, 2.45) is 5.41 Å². The summed E-state index contributed by atoms with van der Waals surface area (Å²) in [5.74, 6) is -1.39. The fourth-order valence-corrected chi connectivity index (χ4v) is 1.39. The van der Waals surface area contributed by atoms with Crippen LogP contribution in [0.1, 0.15) is 38.1 Å². The Kier molecular flexibility index (Phi) is 4.60. The highest BCUT2D eigenvalue weighted by molar-refractivity contribution is 6.00. The summed E-state index contributed by atoms with van der Waals surface area (Å²) < 4.78 is 0. The van der Waals surface area contributed by atoms with Gasteiger partial charge in [0.25, 0.3) is 0 Å². The van der Waals surface area contributed by atoms with Gasteiger partial charge < -0.3 is 20.8 Å². The average molecular weight is 280 g/mol. The molecule has 0 aliphatic rings. The molecule has 0 aliphatic carbocycles. The molecule has 1 rings (SSSR count). The average Bonchev–Trinajstić information content (AvgIpc) is 2.29. The summed E-state index contributed by atoms with van der Waals surface area (Å²) in [4.78, 5) is 22.9. The number of benzene rings is 1. The zero-order chi connectivity index (χ0) is 15.5. The number of rotatable bonds is 3. The molecule has 4 N–H and O–H groups in total. The monoisotopic (exact) mass is 280 g/mol. The molecule has 2 amide bonds. The molecule has 0 aliphatic heterocycles. The lowest BCUT2D eigenvalue weighted by Gasteiger charge is -2.28. The van der Waals surface area contributed by atoms with E-state index in [2.05, 4.69) is 10.6 Å². The van der Waals surface area contributed by atoms with Gasteiger partial charge in [-0.05, 0) is 30.5 Å². The molecule has 1 aromatic rings. The van der Waals surface area contributed by atoms with Crippen molar-refractivity contribution in [2.75, 3.05) is 5.32 Å². The Bertz CT molecular complexity index is 520. The third kappa shape index (κ3) is 4.15. The number of carbonyl (C=O) groups is 2. The quantitative estimate of drug-likeness (QED) is 0.640. The Labute approximate surface area is 117 Å². The van der Waals surface area contributed by atoms with Gasteiger partial charge in [0.15, 0.2) is 0 Å². The molecule has 0 heterocycles. The third-order valence-corrected chi connectivity index (χ3v) is 3.13. The van der Waals surface area contributed by atoms with Crippen molar-refractivity contribution in [3.63, 3.8) is 0 Å². The Morgan fingerprint density at radius 3 is 2.35 bits per heavy atom.